The number of anilines is 1. The van der Waals surface area contributed by atoms with Gasteiger partial charge in [-0.15, -0.1) is 12.4 Å². The molecule has 2 aromatic rings. The van der Waals surface area contributed by atoms with Crippen LogP contribution in [-0.4, -0.2) is 88.5 Å². The maximum atomic E-state index is 13.0. The second kappa shape index (κ2) is 14.7. The summed E-state index contributed by atoms with van der Waals surface area (Å²) in [6.07, 6.45) is 4.32. The van der Waals surface area contributed by atoms with Gasteiger partial charge in [0.25, 0.3) is 11.8 Å². The molecular formula is C28H40Cl2N8O3. The summed E-state index contributed by atoms with van der Waals surface area (Å²) in [7, 11) is 0. The quantitative estimate of drug-likeness (QED) is 0.431. The lowest BCUT2D eigenvalue weighted by atomic mass is 9.96. The molecule has 4 amide bonds. The lowest BCUT2D eigenvalue weighted by Gasteiger charge is -2.50. The second-order valence-corrected chi connectivity index (χ2v) is 10.8. The Balaban J connectivity index is 0.00000462. The lowest BCUT2D eigenvalue weighted by Crippen LogP contribution is -2.62. The van der Waals surface area contributed by atoms with Gasteiger partial charge in [0.2, 0.25) is 0 Å². The molecule has 1 aromatic carbocycles. The van der Waals surface area contributed by atoms with Gasteiger partial charge in [0.15, 0.2) is 0 Å². The standard InChI is InChI=1S/C28H39ClN8O3.ClH/c1-5-22-17-36(25-19(4)32-24(15-31-25)26(38)33-34-28(40)30-6-2)18(3)16-37(22)23-11-13-35(14-12-23)27(39)20-7-9-21(29)10-8-20;/h7-10,15,18,22-23H,5-6,11-14,16-17H2,1-4H3,(H,33,38)(H2,30,34,40);1H/t18-,22+;/m1./s1. The molecule has 1 aromatic heterocycles. The zero-order chi connectivity index (χ0) is 28.8. The minimum atomic E-state index is -0.529. The molecule has 2 aliphatic heterocycles. The SMILES string of the molecule is CCNC(=O)NNC(=O)c1cnc(N2C[C@H](CC)N(C3CCN(C(=O)c4ccc(Cl)cc4)CC3)C[C@H]2C)c(C)n1.Cl. The molecule has 2 fully saturated rings. The third kappa shape index (κ3) is 7.78. The molecule has 0 radical (unpaired) electrons. The number of hydrazine groups is 1. The van der Waals surface area contributed by atoms with Crippen molar-refractivity contribution in [3.63, 3.8) is 0 Å². The first-order valence-corrected chi connectivity index (χ1v) is 14.3. The summed E-state index contributed by atoms with van der Waals surface area (Å²) in [5, 5.41) is 3.17. The van der Waals surface area contributed by atoms with E-state index in [-0.39, 0.29) is 30.0 Å². The van der Waals surface area contributed by atoms with Crippen LogP contribution in [0.1, 0.15) is 66.6 Å². The number of rotatable bonds is 6. The molecular weight excluding hydrogens is 567 g/mol. The van der Waals surface area contributed by atoms with Crippen molar-refractivity contribution in [3.8, 4) is 0 Å². The topological polar surface area (TPSA) is 123 Å². The van der Waals surface area contributed by atoms with Crippen molar-refractivity contribution in [2.24, 2.45) is 0 Å². The maximum absolute atomic E-state index is 13.0. The van der Waals surface area contributed by atoms with Gasteiger partial charge in [-0.1, -0.05) is 18.5 Å². The molecule has 2 saturated heterocycles. The van der Waals surface area contributed by atoms with Gasteiger partial charge in [-0.3, -0.25) is 19.9 Å². The van der Waals surface area contributed by atoms with Crippen LogP contribution in [0.15, 0.2) is 30.5 Å². The van der Waals surface area contributed by atoms with Crippen molar-refractivity contribution >= 4 is 47.7 Å². The molecule has 11 nitrogen and oxygen atoms in total. The van der Waals surface area contributed by atoms with Gasteiger partial charge in [0.1, 0.15) is 11.5 Å². The smallest absolute Gasteiger partial charge is 0.333 e. The molecule has 0 saturated carbocycles. The van der Waals surface area contributed by atoms with Crippen LogP contribution in [0.4, 0.5) is 10.6 Å². The van der Waals surface area contributed by atoms with E-state index in [1.54, 1.807) is 31.2 Å². The summed E-state index contributed by atoms with van der Waals surface area (Å²) in [5.74, 6) is 0.298. The average molecular weight is 608 g/mol. The summed E-state index contributed by atoms with van der Waals surface area (Å²) in [6, 6.07) is 7.55. The van der Waals surface area contributed by atoms with Crippen LogP contribution in [-0.2, 0) is 0 Å². The number of aromatic nitrogens is 2. The van der Waals surface area contributed by atoms with E-state index in [0.29, 0.717) is 34.9 Å². The number of benzene rings is 1. The normalized spacial score (nSPS) is 19.7. The number of carbonyl (C=O) groups is 3. The fourth-order valence-electron chi connectivity index (χ4n) is 5.60. The van der Waals surface area contributed by atoms with Gasteiger partial charge in [-0.2, -0.15) is 0 Å². The number of hydrogen-bond acceptors (Lipinski definition) is 7. The molecule has 4 rings (SSSR count). The van der Waals surface area contributed by atoms with Crippen LogP contribution in [0.3, 0.4) is 0 Å². The Bertz CT molecular complexity index is 1210. The van der Waals surface area contributed by atoms with E-state index in [9.17, 15) is 14.4 Å². The first kappa shape index (κ1) is 32.4. The van der Waals surface area contributed by atoms with E-state index in [0.717, 1.165) is 51.3 Å². The zero-order valence-corrected chi connectivity index (χ0v) is 25.6. The minimum Gasteiger partial charge on any atom is -0.350 e. The van der Waals surface area contributed by atoms with Gasteiger partial charge in [0, 0.05) is 61.4 Å². The number of piperidine rings is 1. The third-order valence-corrected chi connectivity index (χ3v) is 7.97. The van der Waals surface area contributed by atoms with Gasteiger partial charge in [-0.05, 0) is 64.3 Å². The van der Waals surface area contributed by atoms with Crippen LogP contribution >= 0.6 is 24.0 Å². The lowest BCUT2D eigenvalue weighted by molar-refractivity contribution is 0.0434. The van der Waals surface area contributed by atoms with E-state index in [2.05, 4.69) is 49.8 Å². The van der Waals surface area contributed by atoms with E-state index >= 15 is 0 Å². The van der Waals surface area contributed by atoms with Crippen LogP contribution in [0.25, 0.3) is 0 Å². The van der Waals surface area contributed by atoms with E-state index in [4.69, 9.17) is 11.6 Å². The number of urea groups is 1. The van der Waals surface area contributed by atoms with E-state index < -0.39 is 11.9 Å². The van der Waals surface area contributed by atoms with Crippen LogP contribution < -0.4 is 21.1 Å². The molecule has 0 bridgehead atoms. The molecule has 2 aliphatic rings. The number of amides is 4. The van der Waals surface area contributed by atoms with Gasteiger partial charge in [0.05, 0.1) is 11.9 Å². The molecule has 2 atom stereocenters. The number of piperazine rings is 1. The van der Waals surface area contributed by atoms with Gasteiger partial charge in [-0.25, -0.2) is 20.2 Å². The van der Waals surface area contributed by atoms with Crippen LogP contribution in [0.2, 0.25) is 5.02 Å². The third-order valence-electron chi connectivity index (χ3n) is 7.72. The highest BCUT2D eigenvalue weighted by molar-refractivity contribution is 6.30. The molecule has 0 aliphatic carbocycles. The number of hydrogen-bond donors (Lipinski definition) is 3. The highest BCUT2D eigenvalue weighted by atomic mass is 35.5. The Morgan fingerprint density at radius 2 is 1.73 bits per heavy atom. The fourth-order valence-corrected chi connectivity index (χ4v) is 5.72. The Labute approximate surface area is 252 Å². The van der Waals surface area contributed by atoms with Crippen molar-refractivity contribution in [2.45, 2.75) is 65.1 Å². The first-order chi connectivity index (χ1) is 19.2. The summed E-state index contributed by atoms with van der Waals surface area (Å²) in [4.78, 5) is 52.9. The van der Waals surface area contributed by atoms with Crippen LogP contribution in [0, 0.1) is 6.92 Å². The zero-order valence-electron chi connectivity index (χ0n) is 24.0. The number of nitrogens with one attached hydrogen (secondary N) is 3. The fraction of sp³-hybridized carbons (Fsp3) is 0.536. The summed E-state index contributed by atoms with van der Waals surface area (Å²) in [5.41, 5.74) is 6.11. The van der Waals surface area contributed by atoms with Crippen molar-refractivity contribution in [1.82, 2.24) is 35.9 Å². The molecule has 3 N–H and O–H groups in total. The summed E-state index contributed by atoms with van der Waals surface area (Å²) < 4.78 is 0. The highest BCUT2D eigenvalue weighted by Crippen LogP contribution is 2.29. The van der Waals surface area contributed by atoms with Gasteiger partial charge >= 0.3 is 6.03 Å². The number of aryl methyl sites for hydroxylation is 1. The Morgan fingerprint density at radius 1 is 1.05 bits per heavy atom. The monoisotopic (exact) mass is 606 g/mol. The van der Waals surface area contributed by atoms with Crippen LogP contribution in [0.5, 0.6) is 0 Å². The summed E-state index contributed by atoms with van der Waals surface area (Å²) in [6.45, 7) is 11.6. The van der Waals surface area contributed by atoms with Crippen molar-refractivity contribution < 1.29 is 14.4 Å². The van der Waals surface area contributed by atoms with E-state index in [1.165, 1.54) is 6.20 Å². The first-order valence-electron chi connectivity index (χ1n) is 14.0. The minimum absolute atomic E-state index is 0. The molecule has 0 unspecified atom stereocenters. The second-order valence-electron chi connectivity index (χ2n) is 10.4. The molecule has 13 heteroatoms. The highest BCUT2D eigenvalue weighted by Gasteiger charge is 2.37. The number of likely N-dealkylation sites (tertiary alicyclic amines) is 1. The number of carbonyl (C=O) groups excluding carboxylic acids is 3. The maximum Gasteiger partial charge on any atom is 0.333 e. The Kier molecular flexibility index (Phi) is 11.6. The summed E-state index contributed by atoms with van der Waals surface area (Å²) >= 11 is 5.98. The molecule has 224 valence electrons. The van der Waals surface area contributed by atoms with Gasteiger partial charge < -0.3 is 15.1 Å². The molecule has 0 spiro atoms. The predicted molar refractivity (Wildman–Crippen MR) is 162 cm³/mol. The Hall–Kier alpha value is -3.15. The number of nitrogens with zero attached hydrogens (tertiary/aromatic N) is 5. The molecule has 3 heterocycles. The van der Waals surface area contributed by atoms with Crippen molar-refractivity contribution in [1.29, 1.82) is 0 Å². The largest absolute Gasteiger partial charge is 0.350 e. The Morgan fingerprint density at radius 3 is 2.34 bits per heavy atom. The number of halogens is 2. The van der Waals surface area contributed by atoms with Crippen molar-refractivity contribution in [3.05, 3.63) is 52.4 Å². The molecule has 41 heavy (non-hydrogen) atoms. The van der Waals surface area contributed by atoms with E-state index in [1.807, 2.05) is 11.8 Å². The predicted octanol–water partition coefficient (Wildman–Crippen LogP) is 3.42. The average Bonchev–Trinajstić information content (AvgIpc) is 2.96. The van der Waals surface area contributed by atoms with Crippen molar-refractivity contribution in [2.75, 3.05) is 37.6 Å².